The van der Waals surface area contributed by atoms with Crippen molar-refractivity contribution in [2.45, 2.75) is 40.5 Å². The molecule has 1 aromatic carbocycles. The number of rotatable bonds is 6. The van der Waals surface area contributed by atoms with Crippen LogP contribution in [0.2, 0.25) is 0 Å². The smallest absolute Gasteiger partial charge is 0.177 e. The van der Waals surface area contributed by atoms with Crippen LogP contribution in [0.5, 0.6) is 5.75 Å². The topological polar surface area (TPSA) is 50.8 Å². The summed E-state index contributed by atoms with van der Waals surface area (Å²) in [6.45, 7) is 9.31. The summed E-state index contributed by atoms with van der Waals surface area (Å²) < 4.78 is 5.97. The van der Waals surface area contributed by atoms with E-state index >= 15 is 0 Å². The fraction of sp³-hybridized carbons (Fsp3) is 0.400. The molecule has 2 heterocycles. The Bertz CT molecular complexity index is 836. The quantitative estimate of drug-likeness (QED) is 0.700. The van der Waals surface area contributed by atoms with Gasteiger partial charge in [-0.3, -0.25) is 0 Å². The van der Waals surface area contributed by atoms with E-state index in [1.165, 1.54) is 5.56 Å². The van der Waals surface area contributed by atoms with Crippen molar-refractivity contribution in [1.82, 2.24) is 15.0 Å². The maximum atomic E-state index is 5.97. The first-order chi connectivity index (χ1) is 11.6. The van der Waals surface area contributed by atoms with Gasteiger partial charge in [-0.25, -0.2) is 9.97 Å². The molecule has 0 fully saturated rings. The van der Waals surface area contributed by atoms with Crippen LogP contribution in [0.3, 0.4) is 0 Å². The van der Waals surface area contributed by atoms with Gasteiger partial charge in [-0.2, -0.15) is 0 Å². The Morgan fingerprint density at radius 2 is 2.00 bits per heavy atom. The van der Waals surface area contributed by atoms with Gasteiger partial charge in [0.2, 0.25) is 0 Å². The van der Waals surface area contributed by atoms with E-state index in [-0.39, 0.29) is 0 Å². The normalized spacial score (nSPS) is 11.4. The standard InChI is InChI=1S/C20H25N3O/c1-5-15-10-16(6-7-19(15)24-9-8-13(2)3)17-11-18-20(21-12-17)23-14(4)22-18/h6-7,10-13H,5,8-9H2,1-4H3,(H,21,22,23). The minimum absolute atomic E-state index is 0.657. The average molecular weight is 323 g/mol. The third-order valence-electron chi connectivity index (χ3n) is 4.18. The molecule has 0 radical (unpaired) electrons. The van der Waals surface area contributed by atoms with Crippen molar-refractivity contribution in [3.8, 4) is 16.9 Å². The molecular weight excluding hydrogens is 298 g/mol. The van der Waals surface area contributed by atoms with Crippen molar-refractivity contribution in [2.75, 3.05) is 6.61 Å². The number of fused-ring (bicyclic) bond motifs is 1. The van der Waals surface area contributed by atoms with Gasteiger partial charge in [0.15, 0.2) is 5.65 Å². The van der Waals surface area contributed by atoms with Gasteiger partial charge < -0.3 is 9.72 Å². The number of H-pyrrole nitrogens is 1. The van der Waals surface area contributed by atoms with Crippen LogP contribution in [0.25, 0.3) is 22.3 Å². The second kappa shape index (κ2) is 7.04. The summed E-state index contributed by atoms with van der Waals surface area (Å²) in [4.78, 5) is 12.1. The maximum Gasteiger partial charge on any atom is 0.177 e. The van der Waals surface area contributed by atoms with Crippen LogP contribution in [-0.2, 0) is 6.42 Å². The number of aryl methyl sites for hydroxylation is 2. The highest BCUT2D eigenvalue weighted by Gasteiger charge is 2.08. The van der Waals surface area contributed by atoms with Gasteiger partial charge in [0.05, 0.1) is 12.1 Å². The van der Waals surface area contributed by atoms with E-state index in [9.17, 15) is 0 Å². The van der Waals surface area contributed by atoms with Crippen molar-refractivity contribution in [1.29, 1.82) is 0 Å². The summed E-state index contributed by atoms with van der Waals surface area (Å²) in [5.41, 5.74) is 5.22. The number of nitrogens with one attached hydrogen (secondary N) is 1. The molecule has 0 aliphatic carbocycles. The number of pyridine rings is 1. The molecule has 2 aromatic heterocycles. The van der Waals surface area contributed by atoms with Crippen LogP contribution in [0, 0.1) is 12.8 Å². The number of hydrogen-bond donors (Lipinski definition) is 1. The van der Waals surface area contributed by atoms with Gasteiger partial charge in [-0.1, -0.05) is 26.8 Å². The Labute approximate surface area is 143 Å². The summed E-state index contributed by atoms with van der Waals surface area (Å²) in [5, 5.41) is 0. The summed E-state index contributed by atoms with van der Waals surface area (Å²) in [6, 6.07) is 8.50. The van der Waals surface area contributed by atoms with Crippen molar-refractivity contribution in [3.63, 3.8) is 0 Å². The number of nitrogens with zero attached hydrogens (tertiary/aromatic N) is 2. The third kappa shape index (κ3) is 3.58. The number of aromatic nitrogens is 3. The molecule has 0 atom stereocenters. The first kappa shape index (κ1) is 16.5. The molecule has 0 amide bonds. The first-order valence-electron chi connectivity index (χ1n) is 8.65. The monoisotopic (exact) mass is 323 g/mol. The van der Waals surface area contributed by atoms with Crippen molar-refractivity contribution in [2.24, 2.45) is 5.92 Å². The highest BCUT2D eigenvalue weighted by molar-refractivity contribution is 5.78. The van der Waals surface area contributed by atoms with Crippen LogP contribution in [0.1, 0.15) is 38.6 Å². The van der Waals surface area contributed by atoms with E-state index in [1.54, 1.807) is 0 Å². The predicted molar refractivity (Wildman–Crippen MR) is 98.4 cm³/mol. The lowest BCUT2D eigenvalue weighted by atomic mass is 10.0. The molecular formula is C20H25N3O. The Morgan fingerprint density at radius 3 is 2.75 bits per heavy atom. The highest BCUT2D eigenvalue weighted by Crippen LogP contribution is 2.28. The number of benzene rings is 1. The Morgan fingerprint density at radius 1 is 1.17 bits per heavy atom. The minimum atomic E-state index is 0.657. The number of ether oxygens (including phenoxy) is 1. The van der Waals surface area contributed by atoms with Gasteiger partial charge in [0.25, 0.3) is 0 Å². The molecule has 0 unspecified atom stereocenters. The lowest BCUT2D eigenvalue weighted by Gasteiger charge is -2.13. The molecule has 0 saturated heterocycles. The zero-order chi connectivity index (χ0) is 17.1. The molecule has 3 rings (SSSR count). The lowest BCUT2D eigenvalue weighted by molar-refractivity contribution is 0.287. The van der Waals surface area contributed by atoms with Crippen LogP contribution in [0.15, 0.2) is 30.5 Å². The lowest BCUT2D eigenvalue weighted by Crippen LogP contribution is -2.03. The molecule has 126 valence electrons. The summed E-state index contributed by atoms with van der Waals surface area (Å²) in [5.74, 6) is 2.54. The number of hydrogen-bond acceptors (Lipinski definition) is 3. The zero-order valence-electron chi connectivity index (χ0n) is 14.9. The predicted octanol–water partition coefficient (Wildman–Crippen LogP) is 4.92. The van der Waals surface area contributed by atoms with E-state index in [2.05, 4.69) is 60.0 Å². The van der Waals surface area contributed by atoms with Crippen molar-refractivity contribution in [3.05, 3.63) is 41.9 Å². The van der Waals surface area contributed by atoms with Crippen LogP contribution in [-0.4, -0.2) is 21.6 Å². The molecule has 1 N–H and O–H groups in total. The van der Waals surface area contributed by atoms with E-state index in [0.29, 0.717) is 5.92 Å². The highest BCUT2D eigenvalue weighted by atomic mass is 16.5. The summed E-state index contributed by atoms with van der Waals surface area (Å²) in [6.07, 6.45) is 3.91. The van der Waals surface area contributed by atoms with Crippen LogP contribution < -0.4 is 4.74 Å². The molecule has 0 aliphatic rings. The van der Waals surface area contributed by atoms with E-state index in [0.717, 1.165) is 53.3 Å². The Hall–Kier alpha value is -2.36. The van der Waals surface area contributed by atoms with E-state index in [4.69, 9.17) is 4.74 Å². The molecule has 24 heavy (non-hydrogen) atoms. The molecule has 0 spiro atoms. The molecule has 0 aliphatic heterocycles. The van der Waals surface area contributed by atoms with Gasteiger partial charge in [0.1, 0.15) is 11.6 Å². The van der Waals surface area contributed by atoms with Crippen molar-refractivity contribution >= 4 is 11.2 Å². The first-order valence-corrected chi connectivity index (χ1v) is 8.65. The van der Waals surface area contributed by atoms with E-state index in [1.807, 2.05) is 13.1 Å². The van der Waals surface area contributed by atoms with Crippen LogP contribution >= 0.6 is 0 Å². The van der Waals surface area contributed by atoms with Crippen LogP contribution in [0.4, 0.5) is 0 Å². The van der Waals surface area contributed by atoms with Gasteiger partial charge in [0, 0.05) is 11.8 Å². The Balaban J connectivity index is 1.87. The number of aromatic amines is 1. The van der Waals surface area contributed by atoms with E-state index < -0.39 is 0 Å². The Kier molecular flexibility index (Phi) is 4.84. The number of imidazole rings is 1. The molecule has 0 saturated carbocycles. The second-order valence-corrected chi connectivity index (χ2v) is 6.62. The largest absolute Gasteiger partial charge is 0.493 e. The SMILES string of the molecule is CCc1cc(-c2cnc3nc(C)[nH]c3c2)ccc1OCCC(C)C. The maximum absolute atomic E-state index is 5.97. The third-order valence-corrected chi connectivity index (χ3v) is 4.18. The second-order valence-electron chi connectivity index (χ2n) is 6.62. The van der Waals surface area contributed by atoms with Gasteiger partial charge in [-0.05, 0) is 55.0 Å². The van der Waals surface area contributed by atoms with Gasteiger partial charge in [-0.15, -0.1) is 0 Å². The zero-order valence-corrected chi connectivity index (χ0v) is 14.9. The molecule has 3 aromatic rings. The molecule has 4 heteroatoms. The molecule has 4 nitrogen and oxygen atoms in total. The minimum Gasteiger partial charge on any atom is -0.493 e. The summed E-state index contributed by atoms with van der Waals surface area (Å²) >= 11 is 0. The fourth-order valence-corrected chi connectivity index (χ4v) is 2.76. The van der Waals surface area contributed by atoms with Gasteiger partial charge >= 0.3 is 0 Å². The average Bonchev–Trinajstić information content (AvgIpc) is 2.93. The molecule has 0 bridgehead atoms. The summed E-state index contributed by atoms with van der Waals surface area (Å²) in [7, 11) is 0. The fourth-order valence-electron chi connectivity index (χ4n) is 2.76. The van der Waals surface area contributed by atoms with Crippen molar-refractivity contribution < 1.29 is 4.74 Å².